The first-order valence-corrected chi connectivity index (χ1v) is 19.6. The molecule has 12 heteroatoms. The molecule has 2 unspecified atom stereocenters. The summed E-state index contributed by atoms with van der Waals surface area (Å²) in [6.45, 7) is 2.48. The minimum Gasteiger partial charge on any atom is -0.481 e. The number of amides is 3. The van der Waals surface area contributed by atoms with Gasteiger partial charge in [0.1, 0.15) is 11.8 Å². The van der Waals surface area contributed by atoms with Gasteiger partial charge >= 0.3 is 11.9 Å². The summed E-state index contributed by atoms with van der Waals surface area (Å²) in [5, 5.41) is 26.3. The van der Waals surface area contributed by atoms with E-state index in [4.69, 9.17) is 10.8 Å². The number of carbonyl (C=O) groups is 6. The molecule has 0 fully saturated rings. The molecular weight excluding hydrogens is 640 g/mol. The quantitative estimate of drug-likeness (QED) is 0.0402. The Bertz CT molecular complexity index is 946. The first-order chi connectivity index (χ1) is 24.0. The highest BCUT2D eigenvalue weighted by molar-refractivity contribution is 5.84. The van der Waals surface area contributed by atoms with Crippen molar-refractivity contribution in [1.29, 1.82) is 0 Å². The molecule has 0 aromatic rings. The minimum absolute atomic E-state index is 0.00848. The molecule has 0 rings (SSSR count). The lowest BCUT2D eigenvalue weighted by atomic mass is 10.0. The monoisotopic (exact) mass is 711 g/mol. The van der Waals surface area contributed by atoms with Crippen LogP contribution in [0.5, 0.6) is 0 Å². The maximum Gasteiger partial charge on any atom is 0.326 e. The summed E-state index contributed by atoms with van der Waals surface area (Å²) >= 11 is 0. The second kappa shape index (κ2) is 33.1. The van der Waals surface area contributed by atoms with Crippen molar-refractivity contribution in [3.63, 3.8) is 0 Å². The van der Waals surface area contributed by atoms with Crippen LogP contribution in [0.25, 0.3) is 0 Å². The van der Waals surface area contributed by atoms with Gasteiger partial charge in [-0.25, -0.2) is 4.79 Å². The molecule has 3 amide bonds. The third-order valence-corrected chi connectivity index (χ3v) is 9.03. The van der Waals surface area contributed by atoms with Crippen LogP contribution in [0.2, 0.25) is 0 Å². The zero-order chi connectivity index (χ0) is 37.2. The molecule has 2 atom stereocenters. The van der Waals surface area contributed by atoms with E-state index in [1.54, 1.807) is 0 Å². The topological polar surface area (TPSA) is 205 Å². The van der Waals surface area contributed by atoms with Crippen molar-refractivity contribution in [3.8, 4) is 0 Å². The average Bonchev–Trinajstić information content (AvgIpc) is 3.06. The van der Waals surface area contributed by atoms with E-state index in [1.165, 1.54) is 64.7 Å². The van der Waals surface area contributed by atoms with E-state index in [2.05, 4.69) is 16.0 Å². The maximum absolute atomic E-state index is 12.3. The summed E-state index contributed by atoms with van der Waals surface area (Å²) in [7, 11) is 0. The molecule has 0 aliphatic heterocycles. The molecule has 0 aliphatic carbocycles. The summed E-state index contributed by atoms with van der Waals surface area (Å²) in [4.78, 5) is 69.7. The van der Waals surface area contributed by atoms with E-state index in [0.29, 0.717) is 38.8 Å². The van der Waals surface area contributed by atoms with Crippen molar-refractivity contribution in [1.82, 2.24) is 16.0 Å². The lowest BCUT2D eigenvalue weighted by molar-refractivity contribution is -0.142. The Morgan fingerprint density at radius 2 is 0.860 bits per heavy atom. The predicted octanol–water partition coefficient (Wildman–Crippen LogP) is 6.32. The number of carbonyl (C=O) groups excluding carboxylic acids is 4. The highest BCUT2D eigenvalue weighted by atomic mass is 16.4. The van der Waals surface area contributed by atoms with Crippen LogP contribution < -0.4 is 21.7 Å². The van der Waals surface area contributed by atoms with Gasteiger partial charge in [-0.1, -0.05) is 96.3 Å². The zero-order valence-corrected chi connectivity index (χ0v) is 31.1. The van der Waals surface area contributed by atoms with Gasteiger partial charge in [0, 0.05) is 38.8 Å². The van der Waals surface area contributed by atoms with Crippen molar-refractivity contribution in [2.75, 3.05) is 13.1 Å². The van der Waals surface area contributed by atoms with Crippen LogP contribution in [0.1, 0.15) is 180 Å². The first-order valence-electron chi connectivity index (χ1n) is 19.6. The fourth-order valence-electron chi connectivity index (χ4n) is 5.75. The van der Waals surface area contributed by atoms with Crippen molar-refractivity contribution in [2.24, 2.45) is 5.73 Å². The van der Waals surface area contributed by atoms with E-state index in [-0.39, 0.29) is 49.2 Å². The van der Waals surface area contributed by atoms with Crippen LogP contribution in [-0.4, -0.2) is 70.8 Å². The van der Waals surface area contributed by atoms with Gasteiger partial charge in [0.15, 0.2) is 0 Å². The van der Waals surface area contributed by atoms with Gasteiger partial charge in [-0.3, -0.25) is 24.0 Å². The highest BCUT2D eigenvalue weighted by Crippen LogP contribution is 2.14. The van der Waals surface area contributed by atoms with E-state index < -0.39 is 24.0 Å². The van der Waals surface area contributed by atoms with Crippen LogP contribution in [0.4, 0.5) is 0 Å². The summed E-state index contributed by atoms with van der Waals surface area (Å²) in [5.41, 5.74) is 5.69. The molecule has 7 N–H and O–H groups in total. The number of nitrogens with two attached hydrogens (primary N) is 1. The van der Waals surface area contributed by atoms with E-state index in [0.717, 1.165) is 64.2 Å². The summed E-state index contributed by atoms with van der Waals surface area (Å²) in [6.07, 6.45) is 23.5. The standard InChI is InChI=1S/C38H70N4O8/c1-31(43)32(39)23-20-22-30-40-34(44)24-18-16-21-29-41-35(45)28-27-33(38(49)50)42-36(46)25-17-14-12-10-8-6-4-2-3-5-7-9-11-13-15-19-26-37(47)48/h32-33H,2-30,39H2,1H3,(H,40,44)(H,41,45)(H,42,46)(H,47,48)(H,49,50). The lowest BCUT2D eigenvalue weighted by Gasteiger charge is -2.14. The molecule has 0 saturated heterocycles. The number of carboxylic acids is 2. The van der Waals surface area contributed by atoms with E-state index in [9.17, 15) is 33.9 Å². The average molecular weight is 711 g/mol. The molecule has 290 valence electrons. The summed E-state index contributed by atoms with van der Waals surface area (Å²) in [6, 6.07) is -1.52. The number of Topliss-reactive ketones (excluding diaryl/α,β-unsaturated/α-hetero) is 1. The van der Waals surface area contributed by atoms with Crippen molar-refractivity contribution < 1.29 is 39.0 Å². The molecular formula is C38H70N4O8. The number of ketones is 1. The molecule has 0 saturated carbocycles. The fraction of sp³-hybridized carbons (Fsp3) is 0.842. The largest absolute Gasteiger partial charge is 0.481 e. The highest BCUT2D eigenvalue weighted by Gasteiger charge is 2.20. The smallest absolute Gasteiger partial charge is 0.326 e. The van der Waals surface area contributed by atoms with Gasteiger partial charge in [-0.15, -0.1) is 0 Å². The van der Waals surface area contributed by atoms with Crippen LogP contribution in [0, 0.1) is 0 Å². The van der Waals surface area contributed by atoms with Crippen LogP contribution in [-0.2, 0) is 28.8 Å². The third kappa shape index (κ3) is 32.2. The second-order valence-corrected chi connectivity index (χ2v) is 13.8. The van der Waals surface area contributed by atoms with Crippen LogP contribution >= 0.6 is 0 Å². The lowest BCUT2D eigenvalue weighted by Crippen LogP contribution is -2.41. The van der Waals surface area contributed by atoms with Crippen LogP contribution in [0.15, 0.2) is 0 Å². The first kappa shape index (κ1) is 47.0. The number of rotatable bonds is 36. The third-order valence-electron chi connectivity index (χ3n) is 9.03. The maximum atomic E-state index is 12.3. The molecule has 0 aromatic carbocycles. The van der Waals surface area contributed by atoms with Gasteiger partial charge in [0.05, 0.1) is 6.04 Å². The second-order valence-electron chi connectivity index (χ2n) is 13.8. The fourth-order valence-corrected chi connectivity index (χ4v) is 5.75. The molecule has 12 nitrogen and oxygen atoms in total. The Morgan fingerprint density at radius 1 is 0.480 bits per heavy atom. The number of nitrogens with one attached hydrogen (secondary N) is 3. The Balaban J connectivity index is 3.69. The normalized spacial score (nSPS) is 12.2. The minimum atomic E-state index is -1.14. The van der Waals surface area contributed by atoms with Crippen molar-refractivity contribution in [2.45, 2.75) is 192 Å². The Labute approximate surface area is 301 Å². The Kier molecular flexibility index (Phi) is 31.1. The molecule has 0 aliphatic rings. The van der Waals surface area contributed by atoms with Crippen molar-refractivity contribution >= 4 is 35.4 Å². The predicted molar refractivity (Wildman–Crippen MR) is 197 cm³/mol. The Hall–Kier alpha value is -3.02. The number of hydrogen-bond donors (Lipinski definition) is 6. The van der Waals surface area contributed by atoms with Gasteiger partial charge in [0.2, 0.25) is 17.7 Å². The summed E-state index contributed by atoms with van der Waals surface area (Å²) < 4.78 is 0. The van der Waals surface area contributed by atoms with Gasteiger partial charge in [-0.2, -0.15) is 0 Å². The molecule has 0 heterocycles. The summed E-state index contributed by atoms with van der Waals surface area (Å²) in [5.74, 6) is -2.44. The number of carboxylic acid groups (broad SMARTS) is 2. The van der Waals surface area contributed by atoms with Gasteiger partial charge in [0.25, 0.3) is 0 Å². The molecule has 0 radical (unpaired) electrons. The van der Waals surface area contributed by atoms with E-state index >= 15 is 0 Å². The SMILES string of the molecule is CC(=O)C(N)CCCCNC(=O)CCCCCNC(=O)CCC(NC(=O)CCCCCCCCCCCCCCCCCCC(=O)O)C(=O)O. The number of unbranched alkanes of at least 4 members (excludes halogenated alkanes) is 18. The van der Waals surface area contributed by atoms with Crippen molar-refractivity contribution in [3.05, 3.63) is 0 Å². The number of aliphatic carboxylic acids is 2. The Morgan fingerprint density at radius 3 is 1.30 bits per heavy atom. The molecule has 0 aromatic heterocycles. The van der Waals surface area contributed by atoms with Crippen LogP contribution in [0.3, 0.4) is 0 Å². The molecule has 50 heavy (non-hydrogen) atoms. The molecule has 0 bridgehead atoms. The molecule has 0 spiro atoms. The number of hydrogen-bond acceptors (Lipinski definition) is 7. The van der Waals surface area contributed by atoms with E-state index in [1.807, 2.05) is 0 Å². The zero-order valence-electron chi connectivity index (χ0n) is 31.1. The van der Waals surface area contributed by atoms with Gasteiger partial charge < -0.3 is 31.9 Å². The van der Waals surface area contributed by atoms with Gasteiger partial charge in [-0.05, 0) is 58.3 Å².